The third-order valence-electron chi connectivity index (χ3n) is 3.56. The Bertz CT molecular complexity index is 765. The molecule has 0 aromatic heterocycles. The molecule has 132 valence electrons. The van der Waals surface area contributed by atoms with Gasteiger partial charge in [-0.3, -0.25) is 14.9 Å². The zero-order chi connectivity index (χ0) is 18.4. The van der Waals surface area contributed by atoms with Crippen LogP contribution in [0.5, 0.6) is 5.75 Å². The Morgan fingerprint density at radius 3 is 2.56 bits per heavy atom. The van der Waals surface area contributed by atoms with Crippen LogP contribution in [-0.4, -0.2) is 31.5 Å². The van der Waals surface area contributed by atoms with E-state index < -0.39 is 4.92 Å². The van der Waals surface area contributed by atoms with Crippen LogP contribution in [0.25, 0.3) is 0 Å². The van der Waals surface area contributed by atoms with Gasteiger partial charge < -0.3 is 15.0 Å². The molecule has 0 spiro atoms. The summed E-state index contributed by atoms with van der Waals surface area (Å²) in [5.41, 5.74) is 1.52. The van der Waals surface area contributed by atoms with Crippen molar-refractivity contribution in [1.82, 2.24) is 0 Å². The summed E-state index contributed by atoms with van der Waals surface area (Å²) < 4.78 is 6.29. The number of ether oxygens (including phenoxy) is 1. The number of carbonyl (C=O) groups excluding carboxylic acids is 1. The van der Waals surface area contributed by atoms with E-state index in [4.69, 9.17) is 4.74 Å². The van der Waals surface area contributed by atoms with Gasteiger partial charge in [0.25, 0.3) is 11.6 Å². The summed E-state index contributed by atoms with van der Waals surface area (Å²) in [4.78, 5) is 23.3. The fraction of sp³-hybridized carbons (Fsp3) is 0.235. The van der Waals surface area contributed by atoms with Gasteiger partial charge in [0, 0.05) is 27.9 Å². The first-order valence-electron chi connectivity index (χ1n) is 7.57. The number of anilines is 1. The minimum Gasteiger partial charge on any atom is -0.496 e. The second-order valence-electron chi connectivity index (χ2n) is 5.62. The quantitative estimate of drug-likeness (QED) is 0.541. The molecule has 2 aromatic rings. The molecule has 0 aliphatic carbocycles. The maximum Gasteiger partial charge on any atom is 0.279 e. The number of hydrogen-bond donors (Lipinski definition) is 2. The van der Waals surface area contributed by atoms with E-state index in [9.17, 15) is 14.9 Å². The molecule has 1 atom stereocenters. The first-order valence-corrected chi connectivity index (χ1v) is 8.36. The van der Waals surface area contributed by atoms with Crippen molar-refractivity contribution in [2.24, 2.45) is 0 Å². The molecule has 0 heterocycles. The van der Waals surface area contributed by atoms with Gasteiger partial charge in [-0.25, -0.2) is 0 Å². The van der Waals surface area contributed by atoms with Gasteiger partial charge in [0.1, 0.15) is 12.3 Å². The van der Waals surface area contributed by atoms with Crippen molar-refractivity contribution in [3.63, 3.8) is 0 Å². The number of quaternary nitrogens is 1. The lowest BCUT2D eigenvalue weighted by Gasteiger charge is -2.16. The van der Waals surface area contributed by atoms with Crippen LogP contribution in [0.1, 0.15) is 5.56 Å². The number of non-ortho nitro benzene ring substituents is 1. The molecule has 0 aliphatic heterocycles. The van der Waals surface area contributed by atoms with Crippen molar-refractivity contribution >= 4 is 33.2 Å². The highest BCUT2D eigenvalue weighted by Gasteiger charge is 2.14. The van der Waals surface area contributed by atoms with Crippen molar-refractivity contribution in [2.75, 3.05) is 26.0 Å². The number of rotatable bonds is 7. The summed E-state index contributed by atoms with van der Waals surface area (Å²) in [5.74, 6) is 0.610. The van der Waals surface area contributed by atoms with E-state index in [1.54, 1.807) is 7.11 Å². The molecular formula is C17H19BrN3O4+. The maximum absolute atomic E-state index is 12.1. The monoisotopic (exact) mass is 408 g/mol. The van der Waals surface area contributed by atoms with Gasteiger partial charge in [0.2, 0.25) is 0 Å². The fourth-order valence-corrected chi connectivity index (χ4v) is 2.83. The van der Waals surface area contributed by atoms with Gasteiger partial charge >= 0.3 is 0 Å². The summed E-state index contributed by atoms with van der Waals surface area (Å²) >= 11 is 3.43. The van der Waals surface area contributed by atoms with Crippen molar-refractivity contribution < 1.29 is 19.4 Å². The zero-order valence-electron chi connectivity index (χ0n) is 13.9. The number of carbonyl (C=O) groups is 1. The topological polar surface area (TPSA) is 85.9 Å². The lowest BCUT2D eigenvalue weighted by atomic mass is 10.2. The Labute approximate surface area is 153 Å². The minimum absolute atomic E-state index is 0.0116. The molecule has 0 radical (unpaired) electrons. The number of nitrogens with one attached hydrogen (secondary N) is 2. The van der Waals surface area contributed by atoms with Gasteiger partial charge in [0.15, 0.2) is 6.54 Å². The number of likely N-dealkylation sites (N-methyl/N-ethyl adjacent to an activating group) is 1. The molecule has 0 saturated heterocycles. The van der Waals surface area contributed by atoms with Gasteiger partial charge in [-0.1, -0.05) is 15.9 Å². The third kappa shape index (κ3) is 5.54. The number of hydrogen-bond acceptors (Lipinski definition) is 4. The summed E-state index contributed by atoms with van der Waals surface area (Å²) in [6.45, 7) is 0.878. The van der Waals surface area contributed by atoms with Crippen molar-refractivity contribution in [3.8, 4) is 5.75 Å². The number of benzene rings is 2. The molecule has 0 bridgehead atoms. The second kappa shape index (κ2) is 8.59. The predicted molar refractivity (Wildman–Crippen MR) is 97.9 cm³/mol. The molecular weight excluding hydrogens is 390 g/mol. The number of nitro benzene ring substituents is 1. The molecule has 8 heteroatoms. The van der Waals surface area contributed by atoms with Crippen LogP contribution in [0.3, 0.4) is 0 Å². The third-order valence-corrected chi connectivity index (χ3v) is 4.05. The first-order chi connectivity index (χ1) is 11.9. The van der Waals surface area contributed by atoms with Crippen LogP contribution in [0.15, 0.2) is 46.9 Å². The molecule has 7 nitrogen and oxygen atoms in total. The highest BCUT2D eigenvalue weighted by Crippen LogP contribution is 2.22. The van der Waals surface area contributed by atoms with E-state index in [1.807, 2.05) is 25.2 Å². The summed E-state index contributed by atoms with van der Waals surface area (Å²) in [7, 11) is 3.53. The largest absolute Gasteiger partial charge is 0.496 e. The smallest absolute Gasteiger partial charge is 0.279 e. The molecule has 1 amide bonds. The molecule has 1 unspecified atom stereocenters. The minimum atomic E-state index is -0.477. The van der Waals surface area contributed by atoms with E-state index in [0.717, 1.165) is 20.7 Å². The standard InChI is InChI=1S/C17H18BrN3O4/c1-20(10-12-9-13(18)3-8-16(12)25-2)11-17(22)19-14-4-6-15(7-5-14)21(23)24/h3-9H,10-11H2,1-2H3,(H,19,22)/p+1. The van der Waals surface area contributed by atoms with E-state index in [0.29, 0.717) is 12.2 Å². The van der Waals surface area contributed by atoms with Crippen molar-refractivity contribution in [3.05, 3.63) is 62.6 Å². The second-order valence-corrected chi connectivity index (χ2v) is 6.53. The Hall–Kier alpha value is -2.45. The highest BCUT2D eigenvalue weighted by atomic mass is 79.9. The first kappa shape index (κ1) is 18.9. The fourth-order valence-electron chi connectivity index (χ4n) is 2.42. The summed E-state index contributed by atoms with van der Waals surface area (Å²) in [5, 5.41) is 13.4. The highest BCUT2D eigenvalue weighted by molar-refractivity contribution is 9.10. The molecule has 2 aromatic carbocycles. The van der Waals surface area contributed by atoms with Crippen LogP contribution in [0.4, 0.5) is 11.4 Å². The van der Waals surface area contributed by atoms with Crippen LogP contribution in [-0.2, 0) is 11.3 Å². The molecule has 2 rings (SSSR count). The Morgan fingerprint density at radius 1 is 1.28 bits per heavy atom. The average Bonchev–Trinajstić information content (AvgIpc) is 2.55. The van der Waals surface area contributed by atoms with E-state index in [2.05, 4.69) is 21.2 Å². The Morgan fingerprint density at radius 2 is 1.96 bits per heavy atom. The lowest BCUT2D eigenvalue weighted by molar-refractivity contribution is -0.885. The lowest BCUT2D eigenvalue weighted by Crippen LogP contribution is -3.08. The summed E-state index contributed by atoms with van der Waals surface area (Å²) in [6.07, 6.45) is 0. The van der Waals surface area contributed by atoms with Gasteiger partial charge in [-0.15, -0.1) is 0 Å². The molecule has 0 fully saturated rings. The summed E-state index contributed by atoms with van der Waals surface area (Å²) in [6, 6.07) is 11.5. The number of nitro groups is 1. The maximum atomic E-state index is 12.1. The number of methoxy groups -OCH3 is 1. The van der Waals surface area contributed by atoms with Gasteiger partial charge in [-0.05, 0) is 30.3 Å². The molecule has 25 heavy (non-hydrogen) atoms. The van der Waals surface area contributed by atoms with Crippen LogP contribution in [0, 0.1) is 10.1 Å². The number of amides is 1. The molecule has 0 aliphatic rings. The van der Waals surface area contributed by atoms with Crippen LogP contribution in [0.2, 0.25) is 0 Å². The molecule has 0 saturated carbocycles. The van der Waals surface area contributed by atoms with E-state index in [1.165, 1.54) is 24.3 Å². The normalized spacial score (nSPS) is 11.6. The van der Waals surface area contributed by atoms with E-state index in [-0.39, 0.29) is 18.1 Å². The number of halogens is 1. The van der Waals surface area contributed by atoms with Crippen LogP contribution >= 0.6 is 15.9 Å². The Balaban J connectivity index is 1.94. The van der Waals surface area contributed by atoms with Gasteiger partial charge in [-0.2, -0.15) is 0 Å². The van der Waals surface area contributed by atoms with E-state index >= 15 is 0 Å². The zero-order valence-corrected chi connectivity index (χ0v) is 15.5. The van der Waals surface area contributed by atoms with Crippen molar-refractivity contribution in [2.45, 2.75) is 6.54 Å². The average molecular weight is 409 g/mol. The Kier molecular flexibility index (Phi) is 6.49. The predicted octanol–water partition coefficient (Wildman–Crippen LogP) is 2.02. The molecule has 2 N–H and O–H groups in total. The van der Waals surface area contributed by atoms with Crippen LogP contribution < -0.4 is 15.0 Å². The number of nitrogens with zero attached hydrogens (tertiary/aromatic N) is 1. The van der Waals surface area contributed by atoms with Gasteiger partial charge in [0.05, 0.1) is 19.1 Å². The van der Waals surface area contributed by atoms with Crippen molar-refractivity contribution in [1.29, 1.82) is 0 Å². The SMILES string of the molecule is COc1ccc(Br)cc1C[NH+](C)CC(=O)Nc1ccc([N+](=O)[O-])cc1.